The normalized spacial score (nSPS) is 19.3. The monoisotopic (exact) mass is 481 g/mol. The predicted octanol–water partition coefficient (Wildman–Crippen LogP) is 3.66. The van der Waals surface area contributed by atoms with E-state index in [1.54, 1.807) is 36.5 Å². The molecule has 0 radical (unpaired) electrons. The Morgan fingerprint density at radius 1 is 1.15 bits per heavy atom. The maximum absolute atomic E-state index is 14.3. The second-order valence-electron chi connectivity index (χ2n) is 9.51. The van der Waals surface area contributed by atoms with Crippen LogP contribution in [0.3, 0.4) is 0 Å². The van der Waals surface area contributed by atoms with Gasteiger partial charge in [0.15, 0.2) is 11.5 Å². The first-order chi connectivity index (χ1) is 15.9. The third-order valence-corrected chi connectivity index (χ3v) is 5.88. The summed E-state index contributed by atoms with van der Waals surface area (Å²) in [5.41, 5.74) is 0.209. The SMILES string of the molecule is CC(C)(C)OC(=O)N1CC(n2cc(-c3cn4c(F)cnc4c(N4CC[C@@H]4C(F)(F)F)n3)cn2)C1. The number of amides is 1. The second-order valence-corrected chi connectivity index (χ2v) is 9.51. The number of halogens is 4. The van der Waals surface area contributed by atoms with Crippen LogP contribution < -0.4 is 4.90 Å². The molecule has 3 aromatic rings. The minimum atomic E-state index is -4.42. The molecule has 0 aromatic carbocycles. The Bertz CT molecular complexity index is 1240. The quantitative estimate of drug-likeness (QED) is 0.531. The summed E-state index contributed by atoms with van der Waals surface area (Å²) >= 11 is 0. The van der Waals surface area contributed by atoms with E-state index in [2.05, 4.69) is 15.1 Å². The molecule has 0 aliphatic carbocycles. The van der Waals surface area contributed by atoms with Crippen LogP contribution in [0.5, 0.6) is 0 Å². The van der Waals surface area contributed by atoms with Crippen molar-refractivity contribution >= 4 is 17.6 Å². The molecular formula is C21H23F4N7O2. The number of imidazole rings is 1. The number of anilines is 1. The van der Waals surface area contributed by atoms with Gasteiger partial charge in [0.05, 0.1) is 24.1 Å². The molecule has 1 amide bonds. The first-order valence-corrected chi connectivity index (χ1v) is 10.8. The number of carbonyl (C=O) groups is 1. The molecule has 0 bridgehead atoms. The zero-order valence-electron chi connectivity index (χ0n) is 18.8. The molecule has 13 heteroatoms. The molecule has 5 rings (SSSR count). The van der Waals surface area contributed by atoms with E-state index in [1.807, 2.05) is 0 Å². The van der Waals surface area contributed by atoms with Gasteiger partial charge in [-0.05, 0) is 27.2 Å². The zero-order chi connectivity index (χ0) is 24.4. The highest BCUT2D eigenvalue weighted by Crippen LogP contribution is 2.38. The Hall–Kier alpha value is -3.38. The second kappa shape index (κ2) is 7.57. The average molecular weight is 481 g/mol. The van der Waals surface area contributed by atoms with E-state index < -0.39 is 29.9 Å². The summed E-state index contributed by atoms with van der Waals surface area (Å²) in [6.07, 6.45) is 0.652. The highest BCUT2D eigenvalue weighted by Gasteiger charge is 2.50. The lowest BCUT2D eigenvalue weighted by Gasteiger charge is -2.42. The molecule has 2 fully saturated rings. The molecule has 9 nitrogen and oxygen atoms in total. The van der Waals surface area contributed by atoms with E-state index in [9.17, 15) is 22.4 Å². The summed E-state index contributed by atoms with van der Waals surface area (Å²) in [6, 6.07) is -1.77. The van der Waals surface area contributed by atoms with Gasteiger partial charge in [0.2, 0.25) is 5.95 Å². The standard InChI is InChI=1S/C21H23F4N7O2/c1-20(2,3)34-19(33)29-9-13(10-29)32-8-12(6-27-32)14-11-31-16(22)7-26-17(31)18(28-14)30-5-4-15(30)21(23,24)25/h6-8,11,13,15H,4-5,9-10H2,1-3H3/t15-/m1/s1. The fourth-order valence-corrected chi connectivity index (χ4v) is 4.02. The van der Waals surface area contributed by atoms with Gasteiger partial charge in [-0.15, -0.1) is 0 Å². The summed E-state index contributed by atoms with van der Waals surface area (Å²) in [5, 5.41) is 4.32. The van der Waals surface area contributed by atoms with E-state index in [-0.39, 0.29) is 36.2 Å². The Kier molecular flexibility index (Phi) is 4.99. The van der Waals surface area contributed by atoms with E-state index in [1.165, 1.54) is 12.4 Å². The largest absolute Gasteiger partial charge is 0.444 e. The number of ether oxygens (including phenoxy) is 1. The molecule has 0 spiro atoms. The van der Waals surface area contributed by atoms with Crippen molar-refractivity contribution in [2.24, 2.45) is 0 Å². The van der Waals surface area contributed by atoms with Crippen molar-refractivity contribution in [1.29, 1.82) is 0 Å². The molecule has 34 heavy (non-hydrogen) atoms. The van der Waals surface area contributed by atoms with Gasteiger partial charge in [0.1, 0.15) is 11.6 Å². The summed E-state index contributed by atoms with van der Waals surface area (Å²) in [6.45, 7) is 6.34. The minimum absolute atomic E-state index is 0.0228. The molecular weight excluding hydrogens is 458 g/mol. The van der Waals surface area contributed by atoms with Crippen molar-refractivity contribution < 1.29 is 27.1 Å². The number of hydrogen-bond donors (Lipinski definition) is 0. The minimum Gasteiger partial charge on any atom is -0.444 e. The maximum atomic E-state index is 14.3. The van der Waals surface area contributed by atoms with E-state index >= 15 is 0 Å². The fraction of sp³-hybridized carbons (Fsp3) is 0.524. The summed E-state index contributed by atoms with van der Waals surface area (Å²) in [4.78, 5) is 23.1. The fourth-order valence-electron chi connectivity index (χ4n) is 4.02. The van der Waals surface area contributed by atoms with Crippen LogP contribution in [-0.2, 0) is 4.74 Å². The van der Waals surface area contributed by atoms with Gasteiger partial charge in [-0.2, -0.15) is 22.7 Å². The van der Waals surface area contributed by atoms with Gasteiger partial charge in [-0.1, -0.05) is 0 Å². The van der Waals surface area contributed by atoms with Crippen LogP contribution in [0, 0.1) is 5.95 Å². The maximum Gasteiger partial charge on any atom is 0.410 e. The molecule has 0 N–H and O–H groups in total. The molecule has 5 heterocycles. The van der Waals surface area contributed by atoms with E-state index in [4.69, 9.17) is 4.74 Å². The molecule has 2 saturated heterocycles. The Balaban J connectivity index is 1.39. The van der Waals surface area contributed by atoms with Crippen LogP contribution in [0.15, 0.2) is 24.8 Å². The third kappa shape index (κ3) is 3.92. The number of nitrogens with zero attached hydrogens (tertiary/aromatic N) is 7. The summed E-state index contributed by atoms with van der Waals surface area (Å²) in [7, 11) is 0. The van der Waals surface area contributed by atoms with Crippen LogP contribution in [0.4, 0.5) is 28.2 Å². The van der Waals surface area contributed by atoms with Crippen LogP contribution in [0.2, 0.25) is 0 Å². The lowest BCUT2D eigenvalue weighted by atomic mass is 10.0. The van der Waals surface area contributed by atoms with Gasteiger partial charge in [0, 0.05) is 37.6 Å². The van der Waals surface area contributed by atoms with Crippen molar-refractivity contribution in [2.75, 3.05) is 24.5 Å². The van der Waals surface area contributed by atoms with Crippen molar-refractivity contribution in [1.82, 2.24) is 29.0 Å². The topological polar surface area (TPSA) is 80.8 Å². The molecule has 2 aliphatic heterocycles. The van der Waals surface area contributed by atoms with Crippen molar-refractivity contribution in [2.45, 2.75) is 51.1 Å². The van der Waals surface area contributed by atoms with Gasteiger partial charge in [-0.25, -0.2) is 14.8 Å². The first-order valence-electron chi connectivity index (χ1n) is 10.8. The molecule has 3 aromatic heterocycles. The Labute approximate surface area is 191 Å². The first kappa shape index (κ1) is 22.4. The molecule has 0 saturated carbocycles. The number of rotatable bonds is 3. The lowest BCUT2D eigenvalue weighted by molar-refractivity contribution is -0.159. The Morgan fingerprint density at radius 3 is 2.50 bits per heavy atom. The predicted molar refractivity (Wildman–Crippen MR) is 113 cm³/mol. The van der Waals surface area contributed by atoms with Crippen LogP contribution >= 0.6 is 0 Å². The smallest absolute Gasteiger partial charge is 0.410 e. The number of aromatic nitrogens is 5. The average Bonchev–Trinajstić information content (AvgIpc) is 3.24. The highest BCUT2D eigenvalue weighted by molar-refractivity contribution is 5.71. The van der Waals surface area contributed by atoms with Crippen LogP contribution in [0.25, 0.3) is 16.9 Å². The van der Waals surface area contributed by atoms with Crippen molar-refractivity contribution in [3.05, 3.63) is 30.7 Å². The number of alkyl halides is 3. The number of hydrogen-bond acceptors (Lipinski definition) is 6. The van der Waals surface area contributed by atoms with Gasteiger partial charge in [0.25, 0.3) is 0 Å². The molecule has 182 valence electrons. The molecule has 1 atom stereocenters. The van der Waals surface area contributed by atoms with Gasteiger partial charge >= 0.3 is 12.3 Å². The highest BCUT2D eigenvalue weighted by atomic mass is 19.4. The summed E-state index contributed by atoms with van der Waals surface area (Å²) < 4.78 is 62.5. The van der Waals surface area contributed by atoms with E-state index in [0.717, 1.165) is 15.5 Å². The lowest BCUT2D eigenvalue weighted by Crippen LogP contribution is -2.56. The number of fused-ring (bicyclic) bond motifs is 1. The molecule has 0 unspecified atom stereocenters. The van der Waals surface area contributed by atoms with Crippen molar-refractivity contribution in [3.8, 4) is 11.3 Å². The summed E-state index contributed by atoms with van der Waals surface area (Å²) in [5.74, 6) is -0.731. The van der Waals surface area contributed by atoms with Gasteiger partial charge < -0.3 is 14.5 Å². The van der Waals surface area contributed by atoms with E-state index in [0.29, 0.717) is 18.7 Å². The Morgan fingerprint density at radius 2 is 1.88 bits per heavy atom. The molecule has 2 aliphatic rings. The van der Waals surface area contributed by atoms with Crippen molar-refractivity contribution in [3.63, 3.8) is 0 Å². The zero-order valence-corrected chi connectivity index (χ0v) is 18.8. The number of likely N-dealkylation sites (tertiary alicyclic amines) is 1. The van der Waals surface area contributed by atoms with Crippen LogP contribution in [0.1, 0.15) is 33.2 Å². The van der Waals surface area contributed by atoms with Crippen LogP contribution in [-0.4, -0.2) is 72.6 Å². The third-order valence-electron chi connectivity index (χ3n) is 5.88. The number of carbonyl (C=O) groups excluding carboxylic acids is 1. The van der Waals surface area contributed by atoms with Gasteiger partial charge in [-0.3, -0.25) is 9.08 Å².